The molecule has 33 heavy (non-hydrogen) atoms. The van der Waals surface area contributed by atoms with Gasteiger partial charge in [0.05, 0.1) is 11.3 Å². The van der Waals surface area contributed by atoms with Crippen LogP contribution >= 0.6 is 0 Å². The maximum Gasteiger partial charge on any atom is 0.573 e. The molecule has 180 valence electrons. The van der Waals surface area contributed by atoms with Gasteiger partial charge in [0.1, 0.15) is 5.75 Å². The largest absolute Gasteiger partial charge is 0.573 e. The van der Waals surface area contributed by atoms with Crippen LogP contribution in [0.5, 0.6) is 5.75 Å². The van der Waals surface area contributed by atoms with Crippen molar-refractivity contribution in [3.05, 3.63) is 59.2 Å². The van der Waals surface area contributed by atoms with E-state index >= 15 is 0 Å². The molecule has 0 amide bonds. The number of rotatable bonds is 8. The van der Waals surface area contributed by atoms with Gasteiger partial charge in [0.2, 0.25) is 10.0 Å². The van der Waals surface area contributed by atoms with Crippen LogP contribution in [0.1, 0.15) is 16.7 Å². The Kier molecular flexibility index (Phi) is 7.65. The average molecular weight is 487 g/mol. The van der Waals surface area contributed by atoms with E-state index in [0.717, 1.165) is 11.1 Å². The van der Waals surface area contributed by atoms with Gasteiger partial charge in [0, 0.05) is 32.7 Å². The smallest absolute Gasteiger partial charge is 0.481 e. The Morgan fingerprint density at radius 1 is 1.06 bits per heavy atom. The molecular weight excluding hydrogens is 461 g/mol. The second-order valence-corrected chi connectivity index (χ2v) is 9.78. The van der Waals surface area contributed by atoms with Crippen molar-refractivity contribution >= 4 is 16.0 Å². The van der Waals surface area contributed by atoms with Gasteiger partial charge in [-0.05, 0) is 54.3 Å². The fraction of sp³-hybridized carbons (Fsp3) is 0.409. The van der Waals surface area contributed by atoms with Crippen LogP contribution in [0, 0.1) is 6.92 Å². The van der Waals surface area contributed by atoms with Crippen molar-refractivity contribution in [2.75, 3.05) is 32.7 Å². The van der Waals surface area contributed by atoms with E-state index < -0.39 is 22.4 Å². The molecule has 1 N–H and O–H groups in total. The molecule has 1 fully saturated rings. The number of nitrogens with zero attached hydrogens (tertiary/aromatic N) is 2. The van der Waals surface area contributed by atoms with Crippen molar-refractivity contribution in [2.45, 2.75) is 31.0 Å². The topological polar surface area (TPSA) is 87.2 Å². The van der Waals surface area contributed by atoms with E-state index in [4.69, 9.17) is 5.11 Å². The Hall–Kier alpha value is -2.63. The summed E-state index contributed by atoms with van der Waals surface area (Å²) in [5.41, 5.74) is 2.04. The van der Waals surface area contributed by atoms with Crippen molar-refractivity contribution in [3.63, 3.8) is 0 Å². The fourth-order valence-corrected chi connectivity index (χ4v) is 5.12. The van der Waals surface area contributed by atoms with Crippen molar-refractivity contribution in [1.29, 1.82) is 0 Å². The first-order chi connectivity index (χ1) is 15.4. The number of aliphatic carboxylic acids is 1. The SMILES string of the molecule is Cc1ccc(S(=O)(=O)N2CCN(CCc3ccc(OC(F)(F)F)cc3)CC2)cc1CC(=O)O. The molecule has 1 aliphatic rings. The molecule has 1 heterocycles. The lowest BCUT2D eigenvalue weighted by atomic mass is 10.1. The van der Waals surface area contributed by atoms with Crippen LogP contribution in [0.2, 0.25) is 0 Å². The second-order valence-electron chi connectivity index (χ2n) is 7.85. The molecule has 0 aromatic heterocycles. The number of carbonyl (C=O) groups is 1. The quantitative estimate of drug-likeness (QED) is 0.617. The number of sulfonamides is 1. The Bertz CT molecular complexity index is 1080. The summed E-state index contributed by atoms with van der Waals surface area (Å²) < 4.78 is 68.0. The number of aryl methyl sites for hydroxylation is 1. The molecule has 0 radical (unpaired) electrons. The summed E-state index contributed by atoms with van der Waals surface area (Å²) in [4.78, 5) is 13.2. The third kappa shape index (κ3) is 6.92. The third-order valence-electron chi connectivity index (χ3n) is 5.50. The van der Waals surface area contributed by atoms with Gasteiger partial charge in [-0.1, -0.05) is 18.2 Å². The molecule has 1 saturated heterocycles. The van der Waals surface area contributed by atoms with Gasteiger partial charge in [-0.15, -0.1) is 13.2 Å². The Morgan fingerprint density at radius 2 is 1.70 bits per heavy atom. The molecule has 0 saturated carbocycles. The predicted octanol–water partition coefficient (Wildman–Crippen LogP) is 3.07. The highest BCUT2D eigenvalue weighted by atomic mass is 32.2. The van der Waals surface area contributed by atoms with E-state index in [9.17, 15) is 26.4 Å². The van der Waals surface area contributed by atoms with E-state index in [1.807, 2.05) is 0 Å². The number of carboxylic acid groups (broad SMARTS) is 1. The molecule has 1 aliphatic heterocycles. The summed E-state index contributed by atoms with van der Waals surface area (Å²) in [7, 11) is -3.74. The highest BCUT2D eigenvalue weighted by Crippen LogP contribution is 2.24. The Morgan fingerprint density at radius 3 is 2.27 bits per heavy atom. The normalized spacial score (nSPS) is 16.0. The van der Waals surface area contributed by atoms with Gasteiger partial charge in [-0.2, -0.15) is 4.31 Å². The van der Waals surface area contributed by atoms with E-state index in [1.54, 1.807) is 25.1 Å². The molecule has 0 unspecified atom stereocenters. The molecule has 3 rings (SSSR count). The first-order valence-electron chi connectivity index (χ1n) is 10.3. The Labute approximate surface area is 190 Å². The summed E-state index contributed by atoms with van der Waals surface area (Å²) in [5, 5.41) is 9.04. The van der Waals surface area contributed by atoms with E-state index in [-0.39, 0.29) is 17.1 Å². The van der Waals surface area contributed by atoms with E-state index in [0.29, 0.717) is 44.7 Å². The Balaban J connectivity index is 1.54. The molecule has 0 bridgehead atoms. The molecule has 0 spiro atoms. The zero-order chi connectivity index (χ0) is 24.2. The number of piperazine rings is 1. The van der Waals surface area contributed by atoms with Crippen LogP contribution in [-0.2, 0) is 27.7 Å². The van der Waals surface area contributed by atoms with Crippen LogP contribution in [0.4, 0.5) is 13.2 Å². The lowest BCUT2D eigenvalue weighted by Gasteiger charge is -2.34. The van der Waals surface area contributed by atoms with Gasteiger partial charge >= 0.3 is 12.3 Å². The predicted molar refractivity (Wildman–Crippen MR) is 115 cm³/mol. The van der Waals surface area contributed by atoms with Gasteiger partial charge in [0.15, 0.2) is 0 Å². The molecular formula is C22H25F3N2O5S. The van der Waals surface area contributed by atoms with Crippen molar-refractivity contribution in [3.8, 4) is 5.75 Å². The molecule has 0 atom stereocenters. The van der Waals surface area contributed by atoms with Crippen LogP contribution in [-0.4, -0.2) is 67.8 Å². The summed E-state index contributed by atoms with van der Waals surface area (Å²) in [6.07, 6.45) is -4.36. The van der Waals surface area contributed by atoms with Crippen molar-refractivity contribution < 1.29 is 36.2 Å². The van der Waals surface area contributed by atoms with Crippen LogP contribution in [0.3, 0.4) is 0 Å². The molecule has 2 aromatic rings. The lowest BCUT2D eigenvalue weighted by Crippen LogP contribution is -2.49. The minimum atomic E-state index is -4.72. The number of halogens is 3. The van der Waals surface area contributed by atoms with Gasteiger partial charge in [-0.3, -0.25) is 4.79 Å². The summed E-state index contributed by atoms with van der Waals surface area (Å²) >= 11 is 0. The van der Waals surface area contributed by atoms with Crippen molar-refractivity contribution in [2.24, 2.45) is 0 Å². The number of alkyl halides is 3. The number of hydrogen-bond acceptors (Lipinski definition) is 5. The molecule has 11 heteroatoms. The summed E-state index contributed by atoms with van der Waals surface area (Å²) in [6.45, 7) is 4.00. The van der Waals surface area contributed by atoms with Crippen molar-refractivity contribution in [1.82, 2.24) is 9.21 Å². The summed E-state index contributed by atoms with van der Waals surface area (Å²) in [5.74, 6) is -1.29. The van der Waals surface area contributed by atoms with Crippen LogP contribution < -0.4 is 4.74 Å². The van der Waals surface area contributed by atoms with Gasteiger partial charge in [-0.25, -0.2) is 8.42 Å². The average Bonchev–Trinajstić information content (AvgIpc) is 2.73. The number of carboxylic acids is 1. The second kappa shape index (κ2) is 10.1. The minimum absolute atomic E-state index is 0.0824. The minimum Gasteiger partial charge on any atom is -0.481 e. The molecule has 7 nitrogen and oxygen atoms in total. The maximum atomic E-state index is 13.0. The number of ether oxygens (including phenoxy) is 1. The zero-order valence-electron chi connectivity index (χ0n) is 18.0. The van der Waals surface area contributed by atoms with E-state index in [2.05, 4.69) is 9.64 Å². The van der Waals surface area contributed by atoms with Gasteiger partial charge < -0.3 is 14.7 Å². The maximum absolute atomic E-state index is 13.0. The van der Waals surface area contributed by atoms with Crippen LogP contribution in [0.25, 0.3) is 0 Å². The van der Waals surface area contributed by atoms with Gasteiger partial charge in [0.25, 0.3) is 0 Å². The highest BCUT2D eigenvalue weighted by Gasteiger charge is 2.31. The molecule has 0 aliphatic carbocycles. The lowest BCUT2D eigenvalue weighted by molar-refractivity contribution is -0.274. The highest BCUT2D eigenvalue weighted by molar-refractivity contribution is 7.89. The zero-order valence-corrected chi connectivity index (χ0v) is 18.8. The third-order valence-corrected chi connectivity index (χ3v) is 7.40. The first kappa shape index (κ1) is 25.0. The number of hydrogen-bond donors (Lipinski definition) is 1. The standard InChI is InChI=1S/C22H25F3N2O5S/c1-16-2-7-20(14-18(16)15-21(28)29)33(30,31)27-12-10-26(11-13-27)9-8-17-3-5-19(6-4-17)32-22(23,24)25/h2-7,14H,8-13,15H2,1H3,(H,28,29). The number of benzene rings is 2. The van der Waals surface area contributed by atoms with Crippen LogP contribution in [0.15, 0.2) is 47.4 Å². The molecule has 2 aromatic carbocycles. The van der Waals surface area contributed by atoms with E-state index in [1.165, 1.54) is 28.6 Å². The first-order valence-corrected chi connectivity index (χ1v) is 11.8. The summed E-state index contributed by atoms with van der Waals surface area (Å²) in [6, 6.07) is 10.2. The monoisotopic (exact) mass is 486 g/mol. The fourth-order valence-electron chi connectivity index (χ4n) is 3.65.